The Bertz CT molecular complexity index is 703. The van der Waals surface area contributed by atoms with Crippen molar-refractivity contribution in [3.63, 3.8) is 0 Å². The first kappa shape index (κ1) is 16.7. The van der Waals surface area contributed by atoms with Gasteiger partial charge < -0.3 is 5.32 Å². The maximum atomic E-state index is 13.3. The van der Waals surface area contributed by atoms with Crippen LogP contribution in [0.5, 0.6) is 0 Å². The zero-order valence-corrected chi connectivity index (χ0v) is 13.6. The highest BCUT2D eigenvalue weighted by Gasteiger charge is 2.34. The molecule has 2 aromatic rings. The van der Waals surface area contributed by atoms with Gasteiger partial charge in [0.15, 0.2) is 0 Å². The normalized spacial score (nSPS) is 19.2. The monoisotopic (exact) mass is 339 g/mol. The van der Waals surface area contributed by atoms with E-state index in [1.807, 2.05) is 6.92 Å². The average Bonchev–Trinajstić information content (AvgIpc) is 2.99. The number of rotatable bonds is 4. The number of alkyl halides is 3. The molecule has 1 unspecified atom stereocenters. The van der Waals surface area contributed by atoms with E-state index in [2.05, 4.69) is 20.4 Å². The fourth-order valence-corrected chi connectivity index (χ4v) is 2.78. The molecule has 130 valence electrons. The number of anilines is 1. The molecule has 0 spiro atoms. The Morgan fingerprint density at radius 3 is 2.62 bits per heavy atom. The summed E-state index contributed by atoms with van der Waals surface area (Å²) in [6.07, 6.45) is 1.01. The van der Waals surface area contributed by atoms with Gasteiger partial charge in [-0.15, -0.1) is 0 Å². The van der Waals surface area contributed by atoms with Crippen LogP contribution in [0.2, 0.25) is 0 Å². The number of aromatic nitrogens is 4. The molecule has 0 saturated heterocycles. The van der Waals surface area contributed by atoms with Crippen LogP contribution in [0, 0.1) is 6.92 Å². The Labute approximate surface area is 138 Å². The molecular weight excluding hydrogens is 319 g/mol. The van der Waals surface area contributed by atoms with Gasteiger partial charge in [0.25, 0.3) is 5.95 Å². The predicted molar refractivity (Wildman–Crippen MR) is 84.2 cm³/mol. The minimum absolute atomic E-state index is 0.0363. The number of nitrogens with one attached hydrogen (secondary N) is 1. The number of nitrogens with zero attached hydrogens (tertiary/aromatic N) is 4. The molecule has 0 aromatic carbocycles. The van der Waals surface area contributed by atoms with Gasteiger partial charge in [-0.1, -0.05) is 0 Å². The summed E-state index contributed by atoms with van der Waals surface area (Å²) in [6, 6.07) is 3.30. The minimum Gasteiger partial charge on any atom is -0.367 e. The Morgan fingerprint density at radius 2 is 2.00 bits per heavy atom. The van der Waals surface area contributed by atoms with Crippen LogP contribution in [0.1, 0.15) is 50.2 Å². The van der Waals surface area contributed by atoms with Gasteiger partial charge in [0.05, 0.1) is 5.69 Å². The van der Waals surface area contributed by atoms with Gasteiger partial charge in [0, 0.05) is 36.8 Å². The molecule has 0 aliphatic heterocycles. The van der Waals surface area contributed by atoms with Crippen LogP contribution in [-0.4, -0.2) is 31.7 Å². The summed E-state index contributed by atoms with van der Waals surface area (Å²) in [5, 5.41) is 7.32. The van der Waals surface area contributed by atoms with E-state index in [1.165, 1.54) is 11.6 Å². The molecule has 0 bridgehead atoms. The summed E-state index contributed by atoms with van der Waals surface area (Å²) in [6.45, 7) is 3.23. The molecule has 3 rings (SSSR count). The van der Waals surface area contributed by atoms with Crippen molar-refractivity contribution >= 4 is 5.82 Å². The first-order valence-electron chi connectivity index (χ1n) is 8.02. The number of aryl methyl sites for hydroxylation is 1. The summed E-state index contributed by atoms with van der Waals surface area (Å²) in [4.78, 5) is 8.68. The molecule has 1 saturated carbocycles. The van der Waals surface area contributed by atoms with Crippen molar-refractivity contribution in [1.29, 1.82) is 0 Å². The highest BCUT2D eigenvalue weighted by atomic mass is 19.3. The van der Waals surface area contributed by atoms with Crippen molar-refractivity contribution in [2.45, 2.75) is 57.7 Å². The summed E-state index contributed by atoms with van der Waals surface area (Å²) in [5.41, 5.74) is 1.03. The highest BCUT2D eigenvalue weighted by molar-refractivity contribution is 5.39. The quantitative estimate of drug-likeness (QED) is 0.915. The zero-order chi connectivity index (χ0) is 17.3. The topological polar surface area (TPSA) is 55.6 Å². The third-order valence-corrected chi connectivity index (χ3v) is 4.13. The van der Waals surface area contributed by atoms with Gasteiger partial charge in [0.1, 0.15) is 12.0 Å². The fourth-order valence-electron chi connectivity index (χ4n) is 2.78. The van der Waals surface area contributed by atoms with Crippen LogP contribution in [0.3, 0.4) is 0 Å². The fraction of sp³-hybridized carbons (Fsp3) is 0.562. The lowest BCUT2D eigenvalue weighted by atomic mass is 9.92. The van der Waals surface area contributed by atoms with Gasteiger partial charge in [-0.05, 0) is 32.8 Å². The third kappa shape index (κ3) is 3.85. The maximum absolute atomic E-state index is 13.3. The highest BCUT2D eigenvalue weighted by Crippen LogP contribution is 2.34. The molecule has 24 heavy (non-hydrogen) atoms. The Hall–Kier alpha value is -2.12. The van der Waals surface area contributed by atoms with Crippen LogP contribution < -0.4 is 5.32 Å². The van der Waals surface area contributed by atoms with Crippen LogP contribution in [0.25, 0.3) is 5.95 Å². The summed E-state index contributed by atoms with van der Waals surface area (Å²) >= 11 is 0. The Kier molecular flexibility index (Phi) is 4.47. The van der Waals surface area contributed by atoms with Gasteiger partial charge in [-0.3, -0.25) is 0 Å². The van der Waals surface area contributed by atoms with Crippen molar-refractivity contribution in [3.05, 3.63) is 29.7 Å². The van der Waals surface area contributed by atoms with Crippen molar-refractivity contribution < 1.29 is 13.2 Å². The number of halogens is 3. The molecule has 8 heteroatoms. The van der Waals surface area contributed by atoms with Crippen molar-refractivity contribution in [2.24, 2.45) is 0 Å². The van der Waals surface area contributed by atoms with E-state index in [-0.39, 0.29) is 18.9 Å². The van der Waals surface area contributed by atoms with Gasteiger partial charge >= 0.3 is 0 Å². The lowest BCUT2D eigenvalue weighted by Crippen LogP contribution is -2.32. The molecular formula is C16H20F3N5. The zero-order valence-electron chi connectivity index (χ0n) is 13.6. The lowest BCUT2D eigenvalue weighted by Gasteiger charge is -2.29. The van der Waals surface area contributed by atoms with E-state index in [0.29, 0.717) is 36.0 Å². The molecule has 5 nitrogen and oxygen atoms in total. The van der Waals surface area contributed by atoms with E-state index in [9.17, 15) is 13.2 Å². The summed E-state index contributed by atoms with van der Waals surface area (Å²) in [5.74, 6) is -1.66. The van der Waals surface area contributed by atoms with Crippen molar-refractivity contribution in [1.82, 2.24) is 19.7 Å². The largest absolute Gasteiger partial charge is 0.367 e. The third-order valence-electron chi connectivity index (χ3n) is 4.13. The van der Waals surface area contributed by atoms with E-state index in [0.717, 1.165) is 0 Å². The first-order valence-corrected chi connectivity index (χ1v) is 8.02. The smallest absolute Gasteiger partial charge is 0.252 e. The molecule has 1 atom stereocenters. The first-order chi connectivity index (χ1) is 11.3. The lowest BCUT2D eigenvalue weighted by molar-refractivity contribution is -0.0361. The van der Waals surface area contributed by atoms with E-state index in [1.54, 1.807) is 18.3 Å². The molecule has 1 aliphatic rings. The van der Waals surface area contributed by atoms with Crippen LogP contribution in [-0.2, 0) is 0 Å². The van der Waals surface area contributed by atoms with E-state index in [4.69, 9.17) is 0 Å². The summed E-state index contributed by atoms with van der Waals surface area (Å²) in [7, 11) is 0. The Morgan fingerprint density at radius 1 is 1.29 bits per heavy atom. The second kappa shape index (κ2) is 6.41. The maximum Gasteiger partial charge on any atom is 0.252 e. The van der Waals surface area contributed by atoms with E-state index >= 15 is 0 Å². The van der Waals surface area contributed by atoms with Crippen molar-refractivity contribution in [2.75, 3.05) is 5.32 Å². The summed E-state index contributed by atoms with van der Waals surface area (Å²) < 4.78 is 41.2. The second-order valence-corrected chi connectivity index (χ2v) is 6.27. The molecule has 2 heterocycles. The van der Waals surface area contributed by atoms with Crippen LogP contribution >= 0.6 is 0 Å². The Balaban J connectivity index is 1.76. The van der Waals surface area contributed by atoms with Gasteiger partial charge in [-0.2, -0.15) is 10.1 Å². The van der Waals surface area contributed by atoms with Crippen LogP contribution in [0.4, 0.5) is 19.0 Å². The average molecular weight is 339 g/mol. The molecule has 1 N–H and O–H groups in total. The number of hydrogen-bond donors (Lipinski definition) is 1. The van der Waals surface area contributed by atoms with Crippen molar-refractivity contribution in [3.8, 4) is 5.95 Å². The molecule has 0 radical (unpaired) electrons. The molecule has 2 aromatic heterocycles. The van der Waals surface area contributed by atoms with Crippen LogP contribution in [0.15, 0.2) is 18.3 Å². The molecule has 1 fully saturated rings. The second-order valence-electron chi connectivity index (χ2n) is 6.27. The van der Waals surface area contributed by atoms with E-state index < -0.39 is 12.1 Å². The number of hydrogen-bond acceptors (Lipinski definition) is 4. The molecule has 1 aliphatic carbocycles. The molecule has 0 amide bonds. The van der Waals surface area contributed by atoms with Gasteiger partial charge in [0.2, 0.25) is 5.92 Å². The standard InChI is InChI=1S/C16H20F3N5/c1-10-9-14(21-12-3-6-16(18,19)7-4-12)22-15(20-10)24-8-5-13(23-24)11(2)17/h5,8-9,11-12H,3-4,6-7H2,1-2H3,(H,20,21,22). The SMILES string of the molecule is Cc1cc(NC2CCC(F)(F)CC2)nc(-n2ccc(C(C)F)n2)n1. The van der Waals surface area contributed by atoms with Gasteiger partial charge in [-0.25, -0.2) is 22.8 Å². The predicted octanol–water partition coefficient (Wildman–Crippen LogP) is 3.99. The minimum atomic E-state index is -2.56.